The minimum atomic E-state index is 0.179. The summed E-state index contributed by atoms with van der Waals surface area (Å²) >= 11 is 0. The first-order valence-electron chi connectivity index (χ1n) is 6.81. The van der Waals surface area contributed by atoms with Gasteiger partial charge in [0.25, 0.3) is 0 Å². The van der Waals surface area contributed by atoms with Crippen LogP contribution in [-0.4, -0.2) is 15.2 Å². The van der Waals surface area contributed by atoms with E-state index in [9.17, 15) is 0 Å². The molecule has 0 amide bonds. The van der Waals surface area contributed by atoms with Crippen LogP contribution in [0.5, 0.6) is 0 Å². The molecule has 2 aromatic rings. The van der Waals surface area contributed by atoms with Crippen molar-refractivity contribution in [1.82, 2.24) is 20.5 Å². The summed E-state index contributed by atoms with van der Waals surface area (Å²) in [4.78, 5) is 4.15. The smallest absolute Gasteiger partial charge is 0.141 e. The summed E-state index contributed by atoms with van der Waals surface area (Å²) in [5, 5.41) is 10.2. The molecule has 0 fully saturated rings. The maximum Gasteiger partial charge on any atom is 0.141 e. The molecule has 2 rings (SSSR count). The van der Waals surface area contributed by atoms with Crippen molar-refractivity contribution in [3.8, 4) is 0 Å². The molecule has 1 heterocycles. The molecule has 1 unspecified atom stereocenters. The molecular formula is C15H22N4. The van der Waals surface area contributed by atoms with E-state index >= 15 is 0 Å². The Labute approximate surface area is 114 Å². The summed E-state index contributed by atoms with van der Waals surface area (Å²) in [6.45, 7) is 7.40. The van der Waals surface area contributed by atoms with Crippen LogP contribution in [0.15, 0.2) is 30.6 Å². The van der Waals surface area contributed by atoms with Gasteiger partial charge in [-0.05, 0) is 30.4 Å². The number of nitrogens with one attached hydrogen (secondary N) is 2. The highest BCUT2D eigenvalue weighted by atomic mass is 15.2. The summed E-state index contributed by atoms with van der Waals surface area (Å²) in [6, 6.07) is 9.00. The van der Waals surface area contributed by atoms with Crippen LogP contribution in [0.2, 0.25) is 0 Å². The highest BCUT2D eigenvalue weighted by molar-refractivity contribution is 5.22. The van der Waals surface area contributed by atoms with Crippen LogP contribution in [0.3, 0.4) is 0 Å². The van der Waals surface area contributed by atoms with Gasteiger partial charge in [0, 0.05) is 6.54 Å². The Bertz CT molecular complexity index is 473. The van der Waals surface area contributed by atoms with Crippen molar-refractivity contribution in [1.29, 1.82) is 0 Å². The molecule has 0 aliphatic heterocycles. The zero-order valence-electron chi connectivity index (χ0n) is 11.9. The van der Waals surface area contributed by atoms with Crippen LogP contribution in [0.25, 0.3) is 0 Å². The average molecular weight is 258 g/mol. The van der Waals surface area contributed by atoms with Gasteiger partial charge in [0.1, 0.15) is 12.2 Å². The number of aromatic nitrogens is 3. The molecule has 0 aliphatic carbocycles. The van der Waals surface area contributed by atoms with Gasteiger partial charge in [-0.15, -0.1) is 0 Å². The first-order chi connectivity index (χ1) is 9.15. The van der Waals surface area contributed by atoms with Gasteiger partial charge in [-0.3, -0.25) is 5.10 Å². The second-order valence-electron chi connectivity index (χ2n) is 5.39. The van der Waals surface area contributed by atoms with Gasteiger partial charge >= 0.3 is 0 Å². The van der Waals surface area contributed by atoms with Gasteiger partial charge in [0.05, 0.1) is 6.04 Å². The summed E-state index contributed by atoms with van der Waals surface area (Å²) in [5.74, 6) is 1.58. The largest absolute Gasteiger partial charge is 0.303 e. The number of nitrogens with zero attached hydrogens (tertiary/aromatic N) is 2. The van der Waals surface area contributed by atoms with Crippen molar-refractivity contribution < 1.29 is 0 Å². The van der Waals surface area contributed by atoms with Crippen LogP contribution in [0.1, 0.15) is 43.8 Å². The molecule has 2 N–H and O–H groups in total. The quantitative estimate of drug-likeness (QED) is 0.837. The molecule has 1 atom stereocenters. The van der Waals surface area contributed by atoms with Crippen LogP contribution >= 0.6 is 0 Å². The van der Waals surface area contributed by atoms with E-state index in [2.05, 4.69) is 65.5 Å². The van der Waals surface area contributed by atoms with Crippen LogP contribution in [-0.2, 0) is 13.0 Å². The minimum Gasteiger partial charge on any atom is -0.303 e. The van der Waals surface area contributed by atoms with E-state index in [-0.39, 0.29) is 6.04 Å². The lowest BCUT2D eigenvalue weighted by atomic mass is 10.0. The van der Waals surface area contributed by atoms with E-state index in [1.807, 2.05) is 0 Å². The summed E-state index contributed by atoms with van der Waals surface area (Å²) in [7, 11) is 0. The Morgan fingerprint density at radius 3 is 2.37 bits per heavy atom. The SMILES string of the molecule is CC(C)Cc1ccc(CNC(C)c2ncn[nH]2)cc1. The number of rotatable bonds is 6. The zero-order chi connectivity index (χ0) is 13.7. The van der Waals surface area contributed by atoms with Crippen molar-refractivity contribution in [2.75, 3.05) is 0 Å². The standard InChI is InChI=1S/C15H22N4/c1-11(2)8-13-4-6-14(7-5-13)9-16-12(3)15-17-10-18-19-15/h4-7,10-12,16H,8-9H2,1-3H3,(H,17,18,19). The Balaban J connectivity index is 1.86. The fraction of sp³-hybridized carbons (Fsp3) is 0.467. The maximum absolute atomic E-state index is 4.15. The molecule has 1 aromatic heterocycles. The Morgan fingerprint density at radius 2 is 1.79 bits per heavy atom. The van der Waals surface area contributed by atoms with E-state index in [1.54, 1.807) is 0 Å². The first kappa shape index (κ1) is 13.7. The second kappa shape index (κ2) is 6.48. The number of H-pyrrole nitrogens is 1. The highest BCUT2D eigenvalue weighted by Crippen LogP contribution is 2.11. The maximum atomic E-state index is 4.15. The molecule has 4 heteroatoms. The predicted molar refractivity (Wildman–Crippen MR) is 76.6 cm³/mol. The molecule has 19 heavy (non-hydrogen) atoms. The third kappa shape index (κ3) is 4.17. The summed E-state index contributed by atoms with van der Waals surface area (Å²) in [6.07, 6.45) is 2.68. The lowest BCUT2D eigenvalue weighted by Gasteiger charge is -2.11. The molecule has 4 nitrogen and oxygen atoms in total. The zero-order valence-corrected chi connectivity index (χ0v) is 11.9. The number of benzene rings is 1. The fourth-order valence-electron chi connectivity index (χ4n) is 2.06. The number of hydrogen-bond donors (Lipinski definition) is 2. The van der Waals surface area contributed by atoms with E-state index in [0.29, 0.717) is 5.92 Å². The molecule has 1 aromatic carbocycles. The van der Waals surface area contributed by atoms with Crippen LogP contribution < -0.4 is 5.32 Å². The van der Waals surface area contributed by atoms with Gasteiger partial charge < -0.3 is 5.32 Å². The van der Waals surface area contributed by atoms with E-state index in [4.69, 9.17) is 0 Å². The van der Waals surface area contributed by atoms with E-state index in [0.717, 1.165) is 18.8 Å². The van der Waals surface area contributed by atoms with Crippen LogP contribution in [0.4, 0.5) is 0 Å². The Kier molecular flexibility index (Phi) is 4.68. The lowest BCUT2D eigenvalue weighted by molar-refractivity contribution is 0.548. The van der Waals surface area contributed by atoms with Crippen molar-refractivity contribution in [2.45, 2.75) is 39.8 Å². The van der Waals surface area contributed by atoms with Gasteiger partial charge in [0.2, 0.25) is 0 Å². The Morgan fingerprint density at radius 1 is 1.11 bits per heavy atom. The van der Waals surface area contributed by atoms with Gasteiger partial charge in [0.15, 0.2) is 0 Å². The predicted octanol–water partition coefficient (Wildman–Crippen LogP) is 2.85. The molecule has 0 radical (unpaired) electrons. The third-order valence-electron chi connectivity index (χ3n) is 3.12. The van der Waals surface area contributed by atoms with Gasteiger partial charge in [-0.2, -0.15) is 5.10 Å². The topological polar surface area (TPSA) is 53.6 Å². The molecule has 0 saturated heterocycles. The summed E-state index contributed by atoms with van der Waals surface area (Å²) < 4.78 is 0. The highest BCUT2D eigenvalue weighted by Gasteiger charge is 2.07. The minimum absolute atomic E-state index is 0.179. The van der Waals surface area contributed by atoms with Crippen molar-refractivity contribution in [3.63, 3.8) is 0 Å². The number of aromatic amines is 1. The fourth-order valence-corrected chi connectivity index (χ4v) is 2.06. The van der Waals surface area contributed by atoms with E-state index in [1.165, 1.54) is 17.5 Å². The van der Waals surface area contributed by atoms with Crippen molar-refractivity contribution >= 4 is 0 Å². The average Bonchev–Trinajstić information content (AvgIpc) is 2.91. The first-order valence-corrected chi connectivity index (χ1v) is 6.81. The normalized spacial score (nSPS) is 12.8. The molecule has 102 valence electrons. The van der Waals surface area contributed by atoms with Gasteiger partial charge in [-0.25, -0.2) is 4.98 Å². The van der Waals surface area contributed by atoms with E-state index < -0.39 is 0 Å². The van der Waals surface area contributed by atoms with Gasteiger partial charge in [-0.1, -0.05) is 38.1 Å². The molecule has 0 spiro atoms. The molecule has 0 aliphatic rings. The molecule has 0 bridgehead atoms. The third-order valence-corrected chi connectivity index (χ3v) is 3.12. The second-order valence-corrected chi connectivity index (χ2v) is 5.39. The van der Waals surface area contributed by atoms with Crippen LogP contribution in [0, 0.1) is 5.92 Å². The number of hydrogen-bond acceptors (Lipinski definition) is 3. The van der Waals surface area contributed by atoms with Crippen molar-refractivity contribution in [2.24, 2.45) is 5.92 Å². The lowest BCUT2D eigenvalue weighted by Crippen LogP contribution is -2.19. The summed E-state index contributed by atoms with van der Waals surface area (Å²) in [5.41, 5.74) is 2.70. The Hall–Kier alpha value is -1.68. The monoisotopic (exact) mass is 258 g/mol. The molecular weight excluding hydrogens is 236 g/mol. The van der Waals surface area contributed by atoms with Crippen molar-refractivity contribution in [3.05, 3.63) is 47.5 Å². The molecule has 0 saturated carbocycles.